The molecule has 0 bridgehead atoms. The number of carbonyl (C=O) groups excluding carboxylic acids is 1. The summed E-state index contributed by atoms with van der Waals surface area (Å²) in [6.07, 6.45) is 6.05. The van der Waals surface area contributed by atoms with Crippen molar-refractivity contribution in [2.75, 3.05) is 6.54 Å². The molecule has 0 aliphatic carbocycles. The topological polar surface area (TPSA) is 91.7 Å². The highest BCUT2D eigenvalue weighted by molar-refractivity contribution is 5.95. The van der Waals surface area contributed by atoms with Crippen LogP contribution in [0.1, 0.15) is 37.8 Å². The molecule has 1 atom stereocenters. The van der Waals surface area contributed by atoms with Crippen molar-refractivity contribution in [3.63, 3.8) is 0 Å². The van der Waals surface area contributed by atoms with Crippen molar-refractivity contribution in [2.45, 2.75) is 39.5 Å². The van der Waals surface area contributed by atoms with E-state index in [9.17, 15) is 15.0 Å². The van der Waals surface area contributed by atoms with Crippen LogP contribution in [-0.4, -0.2) is 37.1 Å². The van der Waals surface area contributed by atoms with E-state index in [1.807, 2.05) is 24.6 Å². The molecule has 0 saturated heterocycles. The summed E-state index contributed by atoms with van der Waals surface area (Å²) < 4.78 is 7.62. The normalized spacial score (nSPS) is 18.0. The number of imidazole rings is 1. The molecule has 2 aromatic heterocycles. The van der Waals surface area contributed by atoms with Gasteiger partial charge in [-0.25, -0.2) is 4.98 Å². The van der Waals surface area contributed by atoms with Gasteiger partial charge in [-0.2, -0.15) is 0 Å². The maximum Gasteiger partial charge on any atom is 0.289 e. The van der Waals surface area contributed by atoms with Crippen molar-refractivity contribution in [1.82, 2.24) is 14.5 Å². The molecular formula is C18H23N3O4. The minimum atomic E-state index is -0.435. The average molecular weight is 345 g/mol. The molecule has 7 heteroatoms. The molecule has 1 aliphatic heterocycles. The molecule has 2 aromatic rings. The molecule has 3 heterocycles. The van der Waals surface area contributed by atoms with Crippen LogP contribution in [0.2, 0.25) is 0 Å². The second kappa shape index (κ2) is 7.14. The van der Waals surface area contributed by atoms with Crippen LogP contribution in [0.4, 0.5) is 0 Å². The van der Waals surface area contributed by atoms with Crippen LogP contribution < -0.4 is 0 Å². The van der Waals surface area contributed by atoms with Crippen molar-refractivity contribution >= 4 is 5.91 Å². The second-order valence-electron chi connectivity index (χ2n) is 6.48. The van der Waals surface area contributed by atoms with E-state index in [4.69, 9.17) is 4.42 Å². The predicted octanol–water partition coefficient (Wildman–Crippen LogP) is 2.41. The van der Waals surface area contributed by atoms with Crippen LogP contribution in [-0.2, 0) is 17.9 Å². The number of aliphatic hydroxyl groups is 2. The third kappa shape index (κ3) is 3.32. The first-order chi connectivity index (χ1) is 12.0. The highest BCUT2D eigenvalue weighted by atomic mass is 16.4. The summed E-state index contributed by atoms with van der Waals surface area (Å²) in [7, 11) is 0. The number of aliphatic hydroxyl groups excluding tert-OH is 2. The van der Waals surface area contributed by atoms with Crippen molar-refractivity contribution in [3.8, 4) is 0 Å². The summed E-state index contributed by atoms with van der Waals surface area (Å²) in [4.78, 5) is 18.2. The lowest BCUT2D eigenvalue weighted by molar-refractivity contribution is -0.129. The third-order valence-electron chi connectivity index (χ3n) is 4.45. The number of carbonyl (C=O) groups is 1. The quantitative estimate of drug-likeness (QED) is 0.804. The first-order valence-corrected chi connectivity index (χ1v) is 8.42. The Labute approximate surface area is 146 Å². The Morgan fingerprint density at radius 1 is 1.32 bits per heavy atom. The van der Waals surface area contributed by atoms with Gasteiger partial charge in [-0.15, -0.1) is 0 Å². The van der Waals surface area contributed by atoms with Crippen LogP contribution in [0.15, 0.2) is 46.6 Å². The van der Waals surface area contributed by atoms with E-state index in [2.05, 4.69) is 4.98 Å². The zero-order chi connectivity index (χ0) is 18.0. The van der Waals surface area contributed by atoms with Gasteiger partial charge in [-0.05, 0) is 24.5 Å². The van der Waals surface area contributed by atoms with Crippen LogP contribution in [0.25, 0.3) is 0 Å². The van der Waals surface area contributed by atoms with Crippen molar-refractivity contribution < 1.29 is 19.4 Å². The molecule has 0 fully saturated rings. The molecule has 134 valence electrons. The molecule has 1 amide bonds. The fraction of sp³-hybridized carbons (Fsp3) is 0.444. The Morgan fingerprint density at radius 3 is 2.72 bits per heavy atom. The van der Waals surface area contributed by atoms with Gasteiger partial charge in [0.05, 0.1) is 6.33 Å². The Kier molecular flexibility index (Phi) is 4.94. The van der Waals surface area contributed by atoms with Gasteiger partial charge >= 0.3 is 0 Å². The molecule has 3 rings (SSSR count). The lowest BCUT2D eigenvalue weighted by Crippen LogP contribution is -2.32. The number of nitrogens with zero attached hydrogens (tertiary/aromatic N) is 3. The molecule has 0 saturated carbocycles. The van der Waals surface area contributed by atoms with E-state index in [0.717, 1.165) is 13.0 Å². The second-order valence-corrected chi connectivity index (χ2v) is 6.48. The van der Waals surface area contributed by atoms with E-state index in [1.54, 1.807) is 29.6 Å². The van der Waals surface area contributed by atoms with Gasteiger partial charge < -0.3 is 24.1 Å². The number of aromatic nitrogens is 2. The van der Waals surface area contributed by atoms with Crippen LogP contribution in [0.5, 0.6) is 0 Å². The zero-order valence-corrected chi connectivity index (χ0v) is 14.4. The minimum Gasteiger partial charge on any atom is -0.503 e. The molecule has 0 radical (unpaired) electrons. The summed E-state index contributed by atoms with van der Waals surface area (Å²) in [5.41, 5.74) is 0.659. The first-order valence-electron chi connectivity index (χ1n) is 8.42. The Balaban J connectivity index is 1.82. The summed E-state index contributed by atoms with van der Waals surface area (Å²) >= 11 is 0. The van der Waals surface area contributed by atoms with E-state index >= 15 is 0 Å². The molecule has 0 spiro atoms. The Bertz CT molecular complexity index is 761. The number of hydrogen-bond donors (Lipinski definition) is 2. The van der Waals surface area contributed by atoms with Gasteiger partial charge in [-0.3, -0.25) is 4.79 Å². The number of aryl methyl sites for hydroxylation is 1. The van der Waals surface area contributed by atoms with Gasteiger partial charge in [0.1, 0.15) is 24.2 Å². The van der Waals surface area contributed by atoms with Crippen LogP contribution in [0, 0.1) is 5.92 Å². The highest BCUT2D eigenvalue weighted by Gasteiger charge is 2.42. The molecule has 1 unspecified atom stereocenters. The van der Waals surface area contributed by atoms with Gasteiger partial charge in [0.15, 0.2) is 5.76 Å². The molecule has 25 heavy (non-hydrogen) atoms. The van der Waals surface area contributed by atoms with Crippen LogP contribution in [0.3, 0.4) is 0 Å². The fourth-order valence-corrected chi connectivity index (χ4v) is 3.27. The maximum atomic E-state index is 12.6. The van der Waals surface area contributed by atoms with Gasteiger partial charge in [0.25, 0.3) is 5.91 Å². The number of furan rings is 1. The first kappa shape index (κ1) is 17.3. The largest absolute Gasteiger partial charge is 0.503 e. The predicted molar refractivity (Wildman–Crippen MR) is 90.4 cm³/mol. The number of amides is 1. The zero-order valence-electron chi connectivity index (χ0n) is 14.4. The van der Waals surface area contributed by atoms with Gasteiger partial charge in [-0.1, -0.05) is 13.8 Å². The minimum absolute atomic E-state index is 0.00437. The monoisotopic (exact) mass is 345 g/mol. The number of hydrogen-bond acceptors (Lipinski definition) is 5. The standard InChI is InChI=1S/C18H23N3O4/c1-12(2)15-16(14-5-4-13(10-22)25-14)21(18(24)17(15)23)8-3-7-20-9-6-19-11-20/h4-6,9,11-12,16,22-23H,3,7-8,10H2,1-2H3. The number of rotatable bonds is 7. The molecular weight excluding hydrogens is 322 g/mol. The van der Waals surface area contributed by atoms with E-state index in [-0.39, 0.29) is 24.2 Å². The lowest BCUT2D eigenvalue weighted by atomic mass is 9.95. The summed E-state index contributed by atoms with van der Waals surface area (Å²) in [6, 6.07) is 3.01. The maximum absolute atomic E-state index is 12.6. The van der Waals surface area contributed by atoms with E-state index in [1.165, 1.54) is 0 Å². The molecule has 1 aliphatic rings. The summed E-state index contributed by atoms with van der Waals surface area (Å²) in [5, 5.41) is 19.6. The van der Waals surface area contributed by atoms with Crippen molar-refractivity contribution in [3.05, 3.63) is 53.7 Å². The van der Waals surface area contributed by atoms with Crippen molar-refractivity contribution in [1.29, 1.82) is 0 Å². The summed E-state index contributed by atoms with van der Waals surface area (Å²) in [6.45, 7) is 4.90. The van der Waals surface area contributed by atoms with Gasteiger partial charge in [0, 0.05) is 31.1 Å². The summed E-state index contributed by atoms with van der Waals surface area (Å²) in [5.74, 6) is 0.434. The smallest absolute Gasteiger partial charge is 0.289 e. The molecule has 7 nitrogen and oxygen atoms in total. The SMILES string of the molecule is CC(C)C1=C(O)C(=O)N(CCCn2ccnc2)C1c1ccc(CO)o1. The lowest BCUT2D eigenvalue weighted by Gasteiger charge is -2.26. The van der Waals surface area contributed by atoms with E-state index in [0.29, 0.717) is 23.6 Å². The Morgan fingerprint density at radius 2 is 2.12 bits per heavy atom. The molecule has 0 aromatic carbocycles. The Hall–Kier alpha value is -2.54. The molecule has 2 N–H and O–H groups in total. The fourth-order valence-electron chi connectivity index (χ4n) is 3.27. The third-order valence-corrected chi connectivity index (χ3v) is 4.45. The van der Waals surface area contributed by atoms with E-state index < -0.39 is 6.04 Å². The van der Waals surface area contributed by atoms with Crippen LogP contribution >= 0.6 is 0 Å². The average Bonchev–Trinajstić information content (AvgIpc) is 3.30. The highest BCUT2D eigenvalue weighted by Crippen LogP contribution is 2.41. The van der Waals surface area contributed by atoms with Gasteiger partial charge in [0.2, 0.25) is 0 Å². The van der Waals surface area contributed by atoms with Crippen molar-refractivity contribution in [2.24, 2.45) is 5.92 Å².